The molecule has 4 aromatic rings. The van der Waals surface area contributed by atoms with Crippen LogP contribution in [0.15, 0.2) is 78.9 Å². The minimum Gasteiger partial charge on any atom is -0.486 e. The molecule has 3 aromatic carbocycles. The van der Waals surface area contributed by atoms with Crippen LogP contribution in [0.4, 0.5) is 0 Å². The molecule has 6 rings (SSSR count). The van der Waals surface area contributed by atoms with Gasteiger partial charge in [0.25, 0.3) is 5.91 Å². The van der Waals surface area contributed by atoms with E-state index in [1.54, 1.807) is 0 Å². The average molecular weight is 481 g/mol. The second kappa shape index (κ2) is 9.49. The molecule has 1 aromatic heterocycles. The molecule has 0 spiro atoms. The van der Waals surface area contributed by atoms with Crippen molar-refractivity contribution in [1.82, 2.24) is 19.8 Å². The lowest BCUT2D eigenvalue weighted by atomic mass is 10.00. The van der Waals surface area contributed by atoms with Crippen molar-refractivity contribution in [3.05, 3.63) is 95.8 Å². The van der Waals surface area contributed by atoms with E-state index in [9.17, 15) is 9.59 Å². The highest BCUT2D eigenvalue weighted by atomic mass is 16.5. The normalized spacial score (nSPS) is 17.7. The number of likely N-dealkylation sites (tertiary alicyclic amines) is 1. The molecule has 0 saturated carbocycles. The number of aromatic nitrogens is 2. The zero-order valence-corrected chi connectivity index (χ0v) is 20.0. The van der Waals surface area contributed by atoms with Gasteiger partial charge in [0.15, 0.2) is 0 Å². The first kappa shape index (κ1) is 22.3. The van der Waals surface area contributed by atoms with E-state index in [1.165, 1.54) is 0 Å². The molecule has 1 N–H and O–H groups in total. The summed E-state index contributed by atoms with van der Waals surface area (Å²) in [5.74, 6) is 1.70. The third-order valence-corrected chi connectivity index (χ3v) is 7.23. The number of nitrogens with zero attached hydrogens (tertiary/aromatic N) is 3. The van der Waals surface area contributed by atoms with Crippen molar-refractivity contribution in [2.75, 3.05) is 13.1 Å². The molecule has 0 unspecified atom stereocenters. The highest BCUT2D eigenvalue weighted by Gasteiger charge is 2.32. The number of rotatable bonds is 6. The van der Waals surface area contributed by atoms with E-state index in [-0.39, 0.29) is 30.3 Å². The van der Waals surface area contributed by atoms with Gasteiger partial charge in [-0.2, -0.15) is 0 Å². The van der Waals surface area contributed by atoms with Crippen LogP contribution in [0, 0.1) is 0 Å². The number of fused-ring (bicyclic) bond motifs is 2. The Morgan fingerprint density at radius 1 is 0.944 bits per heavy atom. The summed E-state index contributed by atoms with van der Waals surface area (Å²) < 4.78 is 8.34. The highest BCUT2D eigenvalue weighted by molar-refractivity contribution is 5.99. The lowest BCUT2D eigenvalue weighted by Gasteiger charge is -2.34. The number of amides is 2. The van der Waals surface area contributed by atoms with Crippen molar-refractivity contribution in [3.8, 4) is 5.75 Å². The van der Waals surface area contributed by atoms with Gasteiger partial charge in [0.1, 0.15) is 18.2 Å². The minimum absolute atomic E-state index is 0.0820. The first-order valence-corrected chi connectivity index (χ1v) is 12.5. The fourth-order valence-electron chi connectivity index (χ4n) is 5.43. The smallest absolute Gasteiger partial charge is 0.252 e. The van der Waals surface area contributed by atoms with Crippen molar-refractivity contribution in [1.29, 1.82) is 0 Å². The van der Waals surface area contributed by atoms with E-state index in [1.807, 2.05) is 77.7 Å². The van der Waals surface area contributed by atoms with Gasteiger partial charge in [0.05, 0.1) is 23.5 Å². The first-order valence-electron chi connectivity index (χ1n) is 12.5. The minimum atomic E-state index is -0.252. The van der Waals surface area contributed by atoms with Crippen molar-refractivity contribution >= 4 is 22.8 Å². The number of nitrogens with one attached hydrogen (secondary N) is 1. The molecule has 36 heavy (non-hydrogen) atoms. The Kier molecular flexibility index (Phi) is 5.89. The van der Waals surface area contributed by atoms with Crippen LogP contribution in [0.25, 0.3) is 11.0 Å². The molecule has 1 fully saturated rings. The van der Waals surface area contributed by atoms with Gasteiger partial charge >= 0.3 is 0 Å². The summed E-state index contributed by atoms with van der Waals surface area (Å²) in [5.41, 5.74) is 3.64. The number of ether oxygens (including phenoxy) is 1. The van der Waals surface area contributed by atoms with Crippen molar-refractivity contribution in [3.63, 3.8) is 0 Å². The molecule has 1 atom stereocenters. The van der Waals surface area contributed by atoms with Gasteiger partial charge in [-0.1, -0.05) is 48.5 Å². The summed E-state index contributed by atoms with van der Waals surface area (Å²) in [7, 11) is 0. The summed E-state index contributed by atoms with van der Waals surface area (Å²) in [4.78, 5) is 32.2. The molecular weight excluding hydrogens is 452 g/mol. The second-order valence-corrected chi connectivity index (χ2v) is 9.42. The first-order chi connectivity index (χ1) is 17.7. The Bertz CT molecular complexity index is 1410. The predicted octanol–water partition coefficient (Wildman–Crippen LogP) is 4.65. The van der Waals surface area contributed by atoms with Gasteiger partial charge < -0.3 is 19.5 Å². The number of carbonyl (C=O) groups excluding carboxylic acids is 2. The van der Waals surface area contributed by atoms with E-state index in [4.69, 9.17) is 9.72 Å². The number of para-hydroxylation sites is 3. The van der Waals surface area contributed by atoms with Gasteiger partial charge in [-0.25, -0.2) is 4.98 Å². The molecule has 2 aliphatic rings. The molecule has 0 aliphatic carbocycles. The molecule has 0 radical (unpaired) electrons. The number of hydrogen-bond acceptors (Lipinski definition) is 4. The van der Waals surface area contributed by atoms with E-state index in [0.717, 1.165) is 41.0 Å². The van der Waals surface area contributed by atoms with Crippen LogP contribution in [-0.4, -0.2) is 39.4 Å². The third kappa shape index (κ3) is 4.21. The monoisotopic (exact) mass is 480 g/mol. The standard InChI is InChI=1S/C29H28N4O3/c34-28(18-25-22-10-4-5-11-23(22)29(35)31-25)32-16-14-20(15-17-32)33-26-13-7-6-12-24(26)30-27(33)19-36-21-8-2-1-3-9-21/h1-13,20,25H,14-19H2,(H,31,35)/t25-/m1/s1. The Morgan fingerprint density at radius 3 is 2.50 bits per heavy atom. The molecule has 0 bridgehead atoms. The summed E-state index contributed by atoms with van der Waals surface area (Å²) >= 11 is 0. The summed E-state index contributed by atoms with van der Waals surface area (Å²) in [6.45, 7) is 1.74. The molecule has 3 heterocycles. The van der Waals surface area contributed by atoms with Crippen LogP contribution >= 0.6 is 0 Å². The Morgan fingerprint density at radius 2 is 1.67 bits per heavy atom. The number of piperidine rings is 1. The third-order valence-electron chi connectivity index (χ3n) is 7.23. The van der Waals surface area contributed by atoms with Crippen LogP contribution in [0.1, 0.15) is 53.1 Å². The Balaban J connectivity index is 1.15. The quantitative estimate of drug-likeness (QED) is 0.436. The topological polar surface area (TPSA) is 76.5 Å². The fourth-order valence-corrected chi connectivity index (χ4v) is 5.43. The van der Waals surface area contributed by atoms with Gasteiger partial charge in [0.2, 0.25) is 5.91 Å². The maximum atomic E-state index is 13.1. The maximum absolute atomic E-state index is 13.1. The molecule has 182 valence electrons. The van der Waals surface area contributed by atoms with Crippen LogP contribution < -0.4 is 10.1 Å². The van der Waals surface area contributed by atoms with E-state index < -0.39 is 0 Å². The summed E-state index contributed by atoms with van der Waals surface area (Å²) in [5, 5.41) is 2.96. The molecule has 2 aliphatic heterocycles. The Hall–Kier alpha value is -4.13. The van der Waals surface area contributed by atoms with Gasteiger partial charge in [0, 0.05) is 24.7 Å². The van der Waals surface area contributed by atoms with Gasteiger partial charge in [-0.05, 0) is 48.7 Å². The van der Waals surface area contributed by atoms with E-state index in [0.29, 0.717) is 25.3 Å². The molecular formula is C29H28N4O3. The molecule has 7 nitrogen and oxygen atoms in total. The van der Waals surface area contributed by atoms with E-state index >= 15 is 0 Å². The highest BCUT2D eigenvalue weighted by Crippen LogP contribution is 2.32. The van der Waals surface area contributed by atoms with Crippen molar-refractivity contribution in [2.24, 2.45) is 0 Å². The summed E-state index contributed by atoms with van der Waals surface area (Å²) in [6.07, 6.45) is 1.98. The second-order valence-electron chi connectivity index (χ2n) is 9.42. The Labute approximate surface area is 209 Å². The van der Waals surface area contributed by atoms with Crippen molar-refractivity contribution < 1.29 is 14.3 Å². The average Bonchev–Trinajstić information content (AvgIpc) is 3.45. The fraction of sp³-hybridized carbons (Fsp3) is 0.276. The van der Waals surface area contributed by atoms with Gasteiger partial charge in [-0.15, -0.1) is 0 Å². The van der Waals surface area contributed by atoms with Crippen LogP contribution in [0.3, 0.4) is 0 Å². The van der Waals surface area contributed by atoms with Crippen LogP contribution in [-0.2, 0) is 11.4 Å². The maximum Gasteiger partial charge on any atom is 0.252 e. The van der Waals surface area contributed by atoms with Crippen molar-refractivity contribution in [2.45, 2.75) is 38.0 Å². The largest absolute Gasteiger partial charge is 0.486 e. The molecule has 7 heteroatoms. The molecule has 1 saturated heterocycles. The SMILES string of the molecule is O=C1N[C@H](CC(=O)N2CCC(n3c(COc4ccccc4)nc4ccccc43)CC2)c2ccccc21. The molecule has 2 amide bonds. The van der Waals surface area contributed by atoms with Crippen LogP contribution in [0.5, 0.6) is 5.75 Å². The lowest BCUT2D eigenvalue weighted by Crippen LogP contribution is -2.40. The number of imidazole rings is 1. The predicted molar refractivity (Wildman–Crippen MR) is 137 cm³/mol. The van der Waals surface area contributed by atoms with Gasteiger partial charge in [-0.3, -0.25) is 9.59 Å². The summed E-state index contributed by atoms with van der Waals surface area (Å²) in [6, 6.07) is 25.5. The van der Waals surface area contributed by atoms with E-state index in [2.05, 4.69) is 16.0 Å². The zero-order chi connectivity index (χ0) is 24.5. The van der Waals surface area contributed by atoms with Crippen LogP contribution in [0.2, 0.25) is 0 Å². The zero-order valence-electron chi connectivity index (χ0n) is 20.0. The number of carbonyl (C=O) groups is 2. The lowest BCUT2D eigenvalue weighted by molar-refractivity contribution is -0.133. The number of benzene rings is 3. The number of hydrogen-bond donors (Lipinski definition) is 1.